The van der Waals surface area contributed by atoms with Crippen LogP contribution < -0.4 is 15.8 Å². The number of hydrogen-bond donors (Lipinski definition) is 2. The number of nitrogens with two attached hydrogens (primary N) is 1. The van der Waals surface area contributed by atoms with Crippen LogP contribution in [0.15, 0.2) is 12.1 Å². The summed E-state index contributed by atoms with van der Waals surface area (Å²) in [7, 11) is 0. The Hall–Kier alpha value is -1.50. The number of nitrogens with one attached hydrogen (secondary N) is 1. The standard InChI is InChI=1S/C18H29ClN4O2/c1-4-22-7-8-23(5-2)13(12-22)11-21-18(24)14-9-15(19)16(20)10-17(14)25-6-3/h9-10,13H,4-8,11-12,20H2,1-3H3,(H,21,24). The molecule has 1 aromatic rings. The molecule has 0 aromatic heterocycles. The van der Waals surface area contributed by atoms with Gasteiger partial charge in [0.15, 0.2) is 0 Å². The molecule has 7 heteroatoms. The molecule has 0 spiro atoms. The van der Waals surface area contributed by atoms with Gasteiger partial charge in [0.25, 0.3) is 5.91 Å². The molecule has 1 saturated heterocycles. The number of likely N-dealkylation sites (N-methyl/N-ethyl adjacent to an activating group) is 2. The Labute approximate surface area is 155 Å². The van der Waals surface area contributed by atoms with E-state index in [9.17, 15) is 4.79 Å². The summed E-state index contributed by atoms with van der Waals surface area (Å²) < 4.78 is 5.54. The van der Waals surface area contributed by atoms with E-state index in [0.29, 0.717) is 41.2 Å². The van der Waals surface area contributed by atoms with Crippen LogP contribution >= 0.6 is 11.6 Å². The van der Waals surface area contributed by atoms with E-state index in [-0.39, 0.29) is 5.91 Å². The minimum Gasteiger partial charge on any atom is -0.493 e. The number of halogens is 1. The van der Waals surface area contributed by atoms with Crippen molar-refractivity contribution in [1.82, 2.24) is 15.1 Å². The topological polar surface area (TPSA) is 70.8 Å². The lowest BCUT2D eigenvalue weighted by atomic mass is 10.1. The molecule has 1 aromatic carbocycles. The van der Waals surface area contributed by atoms with Crippen LogP contribution in [0.2, 0.25) is 5.02 Å². The molecule has 0 bridgehead atoms. The summed E-state index contributed by atoms with van der Waals surface area (Å²) in [5.41, 5.74) is 6.65. The molecule has 1 aliphatic heterocycles. The van der Waals surface area contributed by atoms with E-state index >= 15 is 0 Å². The number of ether oxygens (including phenoxy) is 1. The molecule has 3 N–H and O–H groups in total. The second-order valence-electron chi connectivity index (χ2n) is 6.19. The van der Waals surface area contributed by atoms with E-state index in [2.05, 4.69) is 29.0 Å². The Bertz CT molecular complexity index is 597. The van der Waals surface area contributed by atoms with Crippen LogP contribution in [0.1, 0.15) is 31.1 Å². The summed E-state index contributed by atoms with van der Waals surface area (Å²) in [5.74, 6) is 0.281. The van der Waals surface area contributed by atoms with Crippen molar-refractivity contribution >= 4 is 23.2 Å². The number of rotatable bonds is 7. The minimum atomic E-state index is -0.185. The van der Waals surface area contributed by atoms with Gasteiger partial charge >= 0.3 is 0 Å². The molecule has 1 amide bonds. The maximum Gasteiger partial charge on any atom is 0.255 e. The van der Waals surface area contributed by atoms with Crippen LogP contribution in [0.25, 0.3) is 0 Å². The minimum absolute atomic E-state index is 0.185. The van der Waals surface area contributed by atoms with E-state index in [4.69, 9.17) is 22.1 Å². The molecule has 0 saturated carbocycles. The zero-order valence-corrected chi connectivity index (χ0v) is 16.1. The lowest BCUT2D eigenvalue weighted by Crippen LogP contribution is -2.56. The molecular weight excluding hydrogens is 340 g/mol. The fourth-order valence-corrected chi connectivity index (χ4v) is 3.35. The van der Waals surface area contributed by atoms with Gasteiger partial charge in [0.05, 0.1) is 22.9 Å². The number of carbonyl (C=O) groups excluding carboxylic acids is 1. The predicted molar refractivity (Wildman–Crippen MR) is 103 cm³/mol. The second-order valence-corrected chi connectivity index (χ2v) is 6.60. The van der Waals surface area contributed by atoms with Crippen LogP contribution in [0, 0.1) is 0 Å². The van der Waals surface area contributed by atoms with Gasteiger partial charge in [-0.05, 0) is 26.1 Å². The molecule has 25 heavy (non-hydrogen) atoms. The van der Waals surface area contributed by atoms with Gasteiger partial charge in [-0.15, -0.1) is 0 Å². The summed E-state index contributed by atoms with van der Waals surface area (Å²) >= 11 is 6.09. The van der Waals surface area contributed by atoms with Crippen LogP contribution in [0.5, 0.6) is 5.75 Å². The van der Waals surface area contributed by atoms with Crippen LogP contribution in [-0.4, -0.2) is 67.6 Å². The first kappa shape index (κ1) is 19.8. The normalized spacial score (nSPS) is 19.0. The molecule has 1 unspecified atom stereocenters. The molecular formula is C18H29ClN4O2. The lowest BCUT2D eigenvalue weighted by Gasteiger charge is -2.40. The Morgan fingerprint density at radius 2 is 2.08 bits per heavy atom. The van der Waals surface area contributed by atoms with Crippen LogP contribution in [0.4, 0.5) is 5.69 Å². The van der Waals surface area contributed by atoms with Gasteiger partial charge in [0.1, 0.15) is 5.75 Å². The molecule has 1 heterocycles. The third-order valence-corrected chi connectivity index (χ3v) is 5.01. The van der Waals surface area contributed by atoms with Gasteiger partial charge in [-0.3, -0.25) is 9.69 Å². The van der Waals surface area contributed by atoms with E-state index in [1.54, 1.807) is 12.1 Å². The number of nitrogens with zero attached hydrogens (tertiary/aromatic N) is 2. The Balaban J connectivity index is 2.07. The lowest BCUT2D eigenvalue weighted by molar-refractivity contribution is 0.0748. The first-order valence-electron chi connectivity index (χ1n) is 8.96. The quantitative estimate of drug-likeness (QED) is 0.721. The molecule has 0 radical (unpaired) electrons. The van der Waals surface area contributed by atoms with Crippen molar-refractivity contribution in [2.24, 2.45) is 0 Å². The highest BCUT2D eigenvalue weighted by Gasteiger charge is 2.26. The maximum absolute atomic E-state index is 12.7. The zero-order chi connectivity index (χ0) is 18.4. The van der Waals surface area contributed by atoms with E-state index in [1.807, 2.05) is 6.92 Å². The Morgan fingerprint density at radius 1 is 1.32 bits per heavy atom. The highest BCUT2D eigenvalue weighted by atomic mass is 35.5. The van der Waals surface area contributed by atoms with Gasteiger partial charge < -0.3 is 20.7 Å². The molecule has 2 rings (SSSR count). The monoisotopic (exact) mass is 368 g/mol. The molecule has 1 atom stereocenters. The summed E-state index contributed by atoms with van der Waals surface area (Å²) in [6, 6.07) is 3.49. The molecule has 140 valence electrons. The molecule has 1 aliphatic rings. The molecule has 6 nitrogen and oxygen atoms in total. The summed E-state index contributed by atoms with van der Waals surface area (Å²) in [6.07, 6.45) is 0. The fourth-order valence-electron chi connectivity index (χ4n) is 3.18. The number of benzene rings is 1. The number of amides is 1. The van der Waals surface area contributed by atoms with Crippen LogP contribution in [0.3, 0.4) is 0 Å². The third kappa shape index (κ3) is 5.00. The summed E-state index contributed by atoms with van der Waals surface area (Å²) in [6.45, 7) is 12.3. The first-order valence-corrected chi connectivity index (χ1v) is 9.34. The van der Waals surface area contributed by atoms with Crippen molar-refractivity contribution in [3.05, 3.63) is 22.7 Å². The number of piperazine rings is 1. The zero-order valence-electron chi connectivity index (χ0n) is 15.3. The first-order chi connectivity index (χ1) is 12.0. The maximum atomic E-state index is 12.7. The van der Waals surface area contributed by atoms with Crippen LogP contribution in [-0.2, 0) is 0 Å². The van der Waals surface area contributed by atoms with Gasteiger partial charge in [-0.25, -0.2) is 0 Å². The summed E-state index contributed by atoms with van der Waals surface area (Å²) in [5, 5.41) is 3.40. The molecule has 0 aliphatic carbocycles. The third-order valence-electron chi connectivity index (χ3n) is 4.68. The van der Waals surface area contributed by atoms with Gasteiger partial charge in [0, 0.05) is 38.3 Å². The average Bonchev–Trinajstić information content (AvgIpc) is 2.62. The number of anilines is 1. The SMILES string of the molecule is CCOc1cc(N)c(Cl)cc1C(=O)NCC1CN(CC)CCN1CC. The van der Waals surface area contributed by atoms with E-state index in [1.165, 1.54) is 0 Å². The Kier molecular flexibility index (Phi) is 7.35. The van der Waals surface area contributed by atoms with Crippen molar-refractivity contribution in [3.8, 4) is 5.75 Å². The number of nitrogen functional groups attached to an aromatic ring is 1. The van der Waals surface area contributed by atoms with Crippen molar-refractivity contribution in [3.63, 3.8) is 0 Å². The highest BCUT2D eigenvalue weighted by molar-refractivity contribution is 6.33. The highest BCUT2D eigenvalue weighted by Crippen LogP contribution is 2.29. The second kappa shape index (κ2) is 9.27. The van der Waals surface area contributed by atoms with Crippen molar-refractivity contribution in [2.45, 2.75) is 26.8 Å². The fraction of sp³-hybridized carbons (Fsp3) is 0.611. The van der Waals surface area contributed by atoms with E-state index in [0.717, 1.165) is 32.7 Å². The molecule has 1 fully saturated rings. The van der Waals surface area contributed by atoms with Gasteiger partial charge in [-0.1, -0.05) is 25.4 Å². The average molecular weight is 369 g/mol. The van der Waals surface area contributed by atoms with Crippen molar-refractivity contribution < 1.29 is 9.53 Å². The van der Waals surface area contributed by atoms with Crippen molar-refractivity contribution in [1.29, 1.82) is 0 Å². The number of hydrogen-bond acceptors (Lipinski definition) is 5. The smallest absolute Gasteiger partial charge is 0.255 e. The van der Waals surface area contributed by atoms with Crippen molar-refractivity contribution in [2.75, 3.05) is 51.6 Å². The van der Waals surface area contributed by atoms with Gasteiger partial charge in [0.2, 0.25) is 0 Å². The largest absolute Gasteiger partial charge is 0.493 e. The number of carbonyl (C=O) groups is 1. The van der Waals surface area contributed by atoms with E-state index < -0.39 is 0 Å². The van der Waals surface area contributed by atoms with Gasteiger partial charge in [-0.2, -0.15) is 0 Å². The Morgan fingerprint density at radius 3 is 2.72 bits per heavy atom. The summed E-state index contributed by atoms with van der Waals surface area (Å²) in [4.78, 5) is 17.5. The predicted octanol–water partition coefficient (Wildman–Crippen LogP) is 2.08.